The maximum Gasteiger partial charge on any atom is 0.229 e. The Balaban J connectivity index is 1.62. The van der Waals surface area contributed by atoms with E-state index in [4.69, 9.17) is 4.74 Å². The van der Waals surface area contributed by atoms with Crippen molar-refractivity contribution in [1.29, 1.82) is 0 Å². The molecule has 0 spiro atoms. The lowest BCUT2D eigenvalue weighted by Crippen LogP contribution is -2.19. The van der Waals surface area contributed by atoms with Crippen LogP contribution in [0.5, 0.6) is 0 Å². The highest BCUT2D eigenvalue weighted by Gasteiger charge is 2.15. The van der Waals surface area contributed by atoms with Gasteiger partial charge in [0.2, 0.25) is 11.9 Å². The number of carbonyl (C=O) groups is 1. The minimum atomic E-state index is -0.108. The number of hydrogen-bond acceptors (Lipinski definition) is 6. The Morgan fingerprint density at radius 2 is 2.21 bits per heavy atom. The second-order valence-electron chi connectivity index (χ2n) is 5.67. The molecule has 1 aliphatic heterocycles. The Kier molecular flexibility index (Phi) is 5.22. The van der Waals surface area contributed by atoms with Crippen LogP contribution >= 0.6 is 0 Å². The third-order valence-corrected chi connectivity index (χ3v) is 3.63. The summed E-state index contributed by atoms with van der Waals surface area (Å²) in [6.07, 6.45) is 4.16. The first-order valence-corrected chi connectivity index (χ1v) is 8.02. The molecule has 2 heterocycles. The van der Waals surface area contributed by atoms with Crippen LogP contribution in [0.25, 0.3) is 0 Å². The lowest BCUT2D eigenvalue weighted by Gasteiger charge is -2.12. The van der Waals surface area contributed by atoms with Crippen molar-refractivity contribution in [1.82, 2.24) is 9.97 Å². The van der Waals surface area contributed by atoms with Crippen LogP contribution in [0, 0.1) is 0 Å². The van der Waals surface area contributed by atoms with Gasteiger partial charge >= 0.3 is 0 Å². The third-order valence-electron chi connectivity index (χ3n) is 3.63. The van der Waals surface area contributed by atoms with Crippen LogP contribution < -0.4 is 16.0 Å². The van der Waals surface area contributed by atoms with E-state index in [2.05, 4.69) is 25.9 Å². The van der Waals surface area contributed by atoms with Crippen molar-refractivity contribution in [3.63, 3.8) is 0 Å². The molecule has 1 aromatic carbocycles. The van der Waals surface area contributed by atoms with E-state index in [0.29, 0.717) is 5.95 Å². The molecule has 1 saturated heterocycles. The molecule has 0 aliphatic carbocycles. The SMILES string of the molecule is CC(=O)Nc1cccc(Nc2nccc(NCC3CCCO3)n2)c1. The molecule has 1 aliphatic rings. The number of anilines is 4. The minimum Gasteiger partial charge on any atom is -0.376 e. The van der Waals surface area contributed by atoms with Gasteiger partial charge in [0.05, 0.1) is 6.10 Å². The number of aromatic nitrogens is 2. The molecule has 1 aromatic heterocycles. The molecule has 7 heteroatoms. The topological polar surface area (TPSA) is 88.2 Å². The predicted molar refractivity (Wildman–Crippen MR) is 93.5 cm³/mol. The first-order valence-electron chi connectivity index (χ1n) is 8.02. The van der Waals surface area contributed by atoms with E-state index >= 15 is 0 Å². The van der Waals surface area contributed by atoms with Crippen LogP contribution in [-0.4, -0.2) is 35.1 Å². The number of hydrogen-bond donors (Lipinski definition) is 3. The Morgan fingerprint density at radius 3 is 3.00 bits per heavy atom. The smallest absolute Gasteiger partial charge is 0.229 e. The number of ether oxygens (including phenoxy) is 1. The summed E-state index contributed by atoms with van der Waals surface area (Å²) in [5.74, 6) is 1.14. The van der Waals surface area contributed by atoms with Crippen LogP contribution in [0.1, 0.15) is 19.8 Å². The summed E-state index contributed by atoms with van der Waals surface area (Å²) < 4.78 is 5.59. The Hall–Kier alpha value is -2.67. The minimum absolute atomic E-state index is 0.108. The fraction of sp³-hybridized carbons (Fsp3) is 0.353. The van der Waals surface area contributed by atoms with Crippen LogP contribution in [0.2, 0.25) is 0 Å². The third kappa shape index (κ3) is 4.66. The highest BCUT2D eigenvalue weighted by molar-refractivity contribution is 5.89. The number of rotatable bonds is 6. The van der Waals surface area contributed by atoms with E-state index in [1.807, 2.05) is 30.3 Å². The van der Waals surface area contributed by atoms with E-state index in [1.54, 1.807) is 6.20 Å². The summed E-state index contributed by atoms with van der Waals surface area (Å²) >= 11 is 0. The van der Waals surface area contributed by atoms with Crippen molar-refractivity contribution >= 4 is 29.0 Å². The van der Waals surface area contributed by atoms with Crippen LogP contribution in [-0.2, 0) is 9.53 Å². The van der Waals surface area contributed by atoms with Gasteiger partial charge in [-0.1, -0.05) is 6.07 Å². The first kappa shape index (κ1) is 16.2. The monoisotopic (exact) mass is 327 g/mol. The van der Waals surface area contributed by atoms with Gasteiger partial charge in [-0.25, -0.2) is 4.98 Å². The first-order chi connectivity index (χ1) is 11.7. The van der Waals surface area contributed by atoms with Crippen LogP contribution in [0.15, 0.2) is 36.5 Å². The van der Waals surface area contributed by atoms with Gasteiger partial charge < -0.3 is 20.7 Å². The summed E-state index contributed by atoms with van der Waals surface area (Å²) in [6.45, 7) is 3.06. The lowest BCUT2D eigenvalue weighted by atomic mass is 10.2. The number of nitrogens with one attached hydrogen (secondary N) is 3. The van der Waals surface area contributed by atoms with Gasteiger partial charge in [-0.15, -0.1) is 0 Å². The molecule has 1 amide bonds. The second kappa shape index (κ2) is 7.74. The molecule has 24 heavy (non-hydrogen) atoms. The van der Waals surface area contributed by atoms with E-state index in [1.165, 1.54) is 6.92 Å². The van der Waals surface area contributed by atoms with Gasteiger partial charge in [-0.05, 0) is 37.1 Å². The van der Waals surface area contributed by atoms with E-state index in [9.17, 15) is 4.79 Å². The number of carbonyl (C=O) groups excluding carboxylic acids is 1. The molecule has 0 bridgehead atoms. The maximum atomic E-state index is 11.1. The predicted octanol–water partition coefficient (Wildman–Crippen LogP) is 2.77. The van der Waals surface area contributed by atoms with Crippen molar-refractivity contribution in [3.05, 3.63) is 36.5 Å². The van der Waals surface area contributed by atoms with E-state index in [0.717, 1.165) is 43.2 Å². The molecular formula is C17H21N5O2. The summed E-state index contributed by atoms with van der Waals surface area (Å²) in [7, 11) is 0. The quantitative estimate of drug-likeness (QED) is 0.756. The van der Waals surface area contributed by atoms with Crippen LogP contribution in [0.4, 0.5) is 23.1 Å². The van der Waals surface area contributed by atoms with Crippen molar-refractivity contribution in [3.8, 4) is 0 Å². The van der Waals surface area contributed by atoms with Gasteiger partial charge in [0.15, 0.2) is 0 Å². The van der Waals surface area contributed by atoms with Crippen molar-refractivity contribution in [2.75, 3.05) is 29.1 Å². The van der Waals surface area contributed by atoms with Gasteiger partial charge in [0, 0.05) is 37.6 Å². The largest absolute Gasteiger partial charge is 0.376 e. The molecule has 1 atom stereocenters. The summed E-state index contributed by atoms with van der Waals surface area (Å²) in [6, 6.07) is 9.23. The lowest BCUT2D eigenvalue weighted by molar-refractivity contribution is -0.114. The molecule has 3 rings (SSSR count). The average molecular weight is 327 g/mol. The fourth-order valence-electron chi connectivity index (χ4n) is 2.55. The zero-order valence-corrected chi connectivity index (χ0v) is 13.6. The molecule has 126 valence electrons. The summed E-state index contributed by atoms with van der Waals surface area (Å²) in [4.78, 5) is 19.8. The highest BCUT2D eigenvalue weighted by Crippen LogP contribution is 2.19. The Labute approximate surface area is 140 Å². The molecular weight excluding hydrogens is 306 g/mol. The van der Waals surface area contributed by atoms with Crippen LogP contribution in [0.3, 0.4) is 0 Å². The normalized spacial score (nSPS) is 16.6. The van der Waals surface area contributed by atoms with Gasteiger partial charge in [-0.3, -0.25) is 4.79 Å². The second-order valence-corrected chi connectivity index (χ2v) is 5.67. The summed E-state index contributed by atoms with van der Waals surface area (Å²) in [5.41, 5.74) is 1.53. The number of nitrogens with zero attached hydrogens (tertiary/aromatic N) is 2. The summed E-state index contributed by atoms with van der Waals surface area (Å²) in [5, 5.41) is 9.17. The van der Waals surface area contributed by atoms with Gasteiger partial charge in [0.25, 0.3) is 0 Å². The Morgan fingerprint density at radius 1 is 1.33 bits per heavy atom. The molecule has 2 aromatic rings. The number of benzene rings is 1. The molecule has 1 fully saturated rings. The molecule has 0 radical (unpaired) electrons. The van der Waals surface area contributed by atoms with Crippen molar-refractivity contribution in [2.24, 2.45) is 0 Å². The molecule has 1 unspecified atom stereocenters. The van der Waals surface area contributed by atoms with Crippen molar-refractivity contribution in [2.45, 2.75) is 25.9 Å². The zero-order valence-electron chi connectivity index (χ0n) is 13.6. The average Bonchev–Trinajstić information content (AvgIpc) is 3.06. The van der Waals surface area contributed by atoms with Gasteiger partial charge in [-0.2, -0.15) is 4.98 Å². The maximum absolute atomic E-state index is 11.1. The van der Waals surface area contributed by atoms with E-state index in [-0.39, 0.29) is 12.0 Å². The fourth-order valence-corrected chi connectivity index (χ4v) is 2.55. The standard InChI is InChI=1S/C17H21N5O2/c1-12(23)20-13-4-2-5-14(10-13)21-17-18-8-7-16(22-17)19-11-15-6-3-9-24-15/h2,4-5,7-8,10,15H,3,6,9,11H2,1H3,(H,20,23)(H2,18,19,21,22). The van der Waals surface area contributed by atoms with E-state index < -0.39 is 0 Å². The van der Waals surface area contributed by atoms with Gasteiger partial charge in [0.1, 0.15) is 5.82 Å². The zero-order chi connectivity index (χ0) is 16.8. The molecule has 0 saturated carbocycles. The molecule has 7 nitrogen and oxygen atoms in total. The van der Waals surface area contributed by atoms with Crippen molar-refractivity contribution < 1.29 is 9.53 Å². The number of amides is 1. The Bertz CT molecular complexity index is 701. The highest BCUT2D eigenvalue weighted by atomic mass is 16.5. The molecule has 3 N–H and O–H groups in total.